The number of ketones is 1. The van der Waals surface area contributed by atoms with Crippen molar-refractivity contribution in [1.82, 2.24) is 19.7 Å². The van der Waals surface area contributed by atoms with E-state index in [9.17, 15) is 4.79 Å². The van der Waals surface area contributed by atoms with Gasteiger partial charge in [-0.2, -0.15) is 0 Å². The molecular formula is C16H18N4O2S. The summed E-state index contributed by atoms with van der Waals surface area (Å²) < 4.78 is 7.34. The van der Waals surface area contributed by atoms with E-state index in [0.717, 1.165) is 22.1 Å². The normalized spacial score (nSPS) is 11.1. The molecule has 0 amide bonds. The van der Waals surface area contributed by atoms with Crippen LogP contribution in [-0.4, -0.2) is 31.3 Å². The fraction of sp³-hybridized carbons (Fsp3) is 0.312. The molecule has 1 N–H and O–H groups in total. The second kappa shape index (κ2) is 6.45. The van der Waals surface area contributed by atoms with Gasteiger partial charge in [-0.05, 0) is 39.0 Å². The summed E-state index contributed by atoms with van der Waals surface area (Å²) in [6.07, 6.45) is 1.61. The summed E-state index contributed by atoms with van der Waals surface area (Å²) in [6, 6.07) is 5.55. The number of aromatic amines is 1. The number of hydrogen-bond donors (Lipinski definition) is 1. The molecule has 3 heterocycles. The van der Waals surface area contributed by atoms with E-state index in [1.54, 1.807) is 6.26 Å². The van der Waals surface area contributed by atoms with Crippen LogP contribution in [-0.2, 0) is 6.54 Å². The van der Waals surface area contributed by atoms with E-state index in [4.69, 9.17) is 4.42 Å². The molecule has 6 nitrogen and oxygen atoms in total. The van der Waals surface area contributed by atoms with Crippen LogP contribution in [0, 0.1) is 13.8 Å². The summed E-state index contributed by atoms with van der Waals surface area (Å²) in [7, 11) is 0. The lowest BCUT2D eigenvalue weighted by molar-refractivity contribution is 0.102. The average Bonchev–Trinajstić information content (AvgIpc) is 3.23. The van der Waals surface area contributed by atoms with Crippen LogP contribution in [0.1, 0.15) is 28.7 Å². The number of hydrogen-bond acceptors (Lipinski definition) is 5. The first-order valence-corrected chi connectivity index (χ1v) is 8.38. The first-order chi connectivity index (χ1) is 11.1. The number of H-pyrrole nitrogens is 1. The minimum absolute atomic E-state index is 0.0852. The van der Waals surface area contributed by atoms with Crippen LogP contribution in [0.25, 0.3) is 11.6 Å². The smallest absolute Gasteiger partial charge is 0.200 e. The van der Waals surface area contributed by atoms with E-state index in [1.165, 1.54) is 11.8 Å². The van der Waals surface area contributed by atoms with Gasteiger partial charge in [0.05, 0.1) is 12.0 Å². The highest BCUT2D eigenvalue weighted by molar-refractivity contribution is 7.99. The molecule has 3 aromatic rings. The van der Waals surface area contributed by atoms with Gasteiger partial charge in [0.25, 0.3) is 0 Å². The molecule has 0 atom stereocenters. The van der Waals surface area contributed by atoms with Crippen molar-refractivity contribution in [3.8, 4) is 11.6 Å². The Morgan fingerprint density at radius 1 is 1.39 bits per heavy atom. The molecule has 0 spiro atoms. The summed E-state index contributed by atoms with van der Waals surface area (Å²) in [5.74, 6) is 1.77. The molecular weight excluding hydrogens is 312 g/mol. The molecule has 120 valence electrons. The standard InChI is InChI=1S/C16H18N4O2S/c1-4-20-15(14-6-5-7-22-14)18-19-16(20)23-9-13(21)12-8-10(2)17-11(12)3/h5-8,17H,4,9H2,1-3H3. The number of Topliss-reactive ketones (excluding diaryl/α,β-unsaturated/α-hetero) is 1. The fourth-order valence-corrected chi connectivity index (χ4v) is 3.38. The Hall–Kier alpha value is -2.28. The number of furan rings is 1. The maximum atomic E-state index is 12.4. The Morgan fingerprint density at radius 3 is 2.83 bits per heavy atom. The van der Waals surface area contributed by atoms with Crippen molar-refractivity contribution in [1.29, 1.82) is 0 Å². The molecule has 0 fully saturated rings. The molecule has 3 rings (SSSR count). The summed E-state index contributed by atoms with van der Waals surface area (Å²) in [4.78, 5) is 15.5. The van der Waals surface area contributed by atoms with Gasteiger partial charge in [-0.1, -0.05) is 11.8 Å². The third kappa shape index (κ3) is 3.10. The molecule has 0 saturated heterocycles. The predicted octanol–water partition coefficient (Wildman–Crippen LogP) is 3.48. The van der Waals surface area contributed by atoms with Crippen LogP contribution in [0.3, 0.4) is 0 Å². The predicted molar refractivity (Wildman–Crippen MR) is 88.7 cm³/mol. The topological polar surface area (TPSA) is 76.7 Å². The molecule has 0 aliphatic heterocycles. The molecule has 23 heavy (non-hydrogen) atoms. The Bertz CT molecular complexity index is 817. The Balaban J connectivity index is 1.76. The van der Waals surface area contributed by atoms with Crippen LogP contribution < -0.4 is 0 Å². The lowest BCUT2D eigenvalue weighted by atomic mass is 10.2. The van der Waals surface area contributed by atoms with Gasteiger partial charge >= 0.3 is 0 Å². The molecule has 7 heteroatoms. The second-order valence-electron chi connectivity index (χ2n) is 5.23. The quantitative estimate of drug-likeness (QED) is 0.553. The van der Waals surface area contributed by atoms with E-state index in [-0.39, 0.29) is 5.78 Å². The highest BCUT2D eigenvalue weighted by Crippen LogP contribution is 2.25. The van der Waals surface area contributed by atoms with Crippen molar-refractivity contribution >= 4 is 17.5 Å². The first kappa shape index (κ1) is 15.6. The summed E-state index contributed by atoms with van der Waals surface area (Å²) in [6.45, 7) is 6.58. The number of aromatic nitrogens is 4. The number of thioether (sulfide) groups is 1. The fourth-order valence-electron chi connectivity index (χ4n) is 2.49. The molecule has 0 aliphatic carbocycles. The second-order valence-corrected chi connectivity index (χ2v) is 6.17. The van der Waals surface area contributed by atoms with Gasteiger partial charge in [0.15, 0.2) is 22.5 Å². The largest absolute Gasteiger partial charge is 0.461 e. The van der Waals surface area contributed by atoms with E-state index in [1.807, 2.05) is 43.5 Å². The zero-order valence-electron chi connectivity index (χ0n) is 13.3. The summed E-state index contributed by atoms with van der Waals surface area (Å²) in [5.41, 5.74) is 2.64. The molecule has 0 aliphatic rings. The molecule has 0 saturated carbocycles. The lowest BCUT2D eigenvalue weighted by Gasteiger charge is -2.05. The Kier molecular flexibility index (Phi) is 4.38. The van der Waals surface area contributed by atoms with Gasteiger partial charge in [-0.3, -0.25) is 9.36 Å². The number of nitrogens with zero attached hydrogens (tertiary/aromatic N) is 3. The van der Waals surface area contributed by atoms with Crippen LogP contribution in [0.2, 0.25) is 0 Å². The maximum Gasteiger partial charge on any atom is 0.200 e. The summed E-state index contributed by atoms with van der Waals surface area (Å²) >= 11 is 1.39. The monoisotopic (exact) mass is 330 g/mol. The van der Waals surface area contributed by atoms with Crippen LogP contribution in [0.15, 0.2) is 34.0 Å². The van der Waals surface area contributed by atoms with Gasteiger partial charge in [0, 0.05) is 23.5 Å². The van der Waals surface area contributed by atoms with Crippen LogP contribution in [0.4, 0.5) is 0 Å². The number of aryl methyl sites for hydroxylation is 2. The Labute approximate surface area is 138 Å². The van der Waals surface area contributed by atoms with Crippen molar-refractivity contribution in [3.05, 3.63) is 41.4 Å². The third-order valence-electron chi connectivity index (χ3n) is 3.56. The number of carbonyl (C=O) groups is 1. The maximum absolute atomic E-state index is 12.4. The van der Waals surface area contributed by atoms with Gasteiger partial charge in [-0.15, -0.1) is 10.2 Å². The molecule has 0 bridgehead atoms. The Morgan fingerprint density at radius 2 is 2.22 bits per heavy atom. The van der Waals surface area contributed by atoms with Crippen LogP contribution in [0.5, 0.6) is 0 Å². The minimum atomic E-state index is 0.0852. The van der Waals surface area contributed by atoms with Crippen molar-refractivity contribution in [2.75, 3.05) is 5.75 Å². The minimum Gasteiger partial charge on any atom is -0.461 e. The average molecular weight is 330 g/mol. The van der Waals surface area contributed by atoms with Gasteiger partial charge in [-0.25, -0.2) is 0 Å². The van der Waals surface area contributed by atoms with Crippen molar-refractivity contribution in [2.45, 2.75) is 32.5 Å². The highest BCUT2D eigenvalue weighted by Gasteiger charge is 2.18. The van der Waals surface area contributed by atoms with E-state index < -0.39 is 0 Å². The van der Waals surface area contributed by atoms with Gasteiger partial charge in [0.2, 0.25) is 0 Å². The third-order valence-corrected chi connectivity index (χ3v) is 4.52. The van der Waals surface area contributed by atoms with E-state index >= 15 is 0 Å². The molecule has 0 unspecified atom stereocenters. The summed E-state index contributed by atoms with van der Waals surface area (Å²) in [5, 5.41) is 9.09. The van der Waals surface area contributed by atoms with Gasteiger partial charge < -0.3 is 9.40 Å². The van der Waals surface area contributed by atoms with Crippen LogP contribution >= 0.6 is 11.8 Å². The van der Waals surface area contributed by atoms with Crippen molar-refractivity contribution in [3.63, 3.8) is 0 Å². The first-order valence-electron chi connectivity index (χ1n) is 7.39. The lowest BCUT2D eigenvalue weighted by Crippen LogP contribution is -2.05. The number of carbonyl (C=O) groups excluding carboxylic acids is 1. The molecule has 0 radical (unpaired) electrons. The number of rotatable bonds is 6. The van der Waals surface area contributed by atoms with Gasteiger partial charge in [0.1, 0.15) is 0 Å². The van der Waals surface area contributed by atoms with Crippen molar-refractivity contribution in [2.24, 2.45) is 0 Å². The van der Waals surface area contributed by atoms with E-state index in [0.29, 0.717) is 23.9 Å². The molecule has 3 aromatic heterocycles. The zero-order chi connectivity index (χ0) is 16.4. The molecule has 0 aromatic carbocycles. The highest BCUT2D eigenvalue weighted by atomic mass is 32.2. The zero-order valence-corrected chi connectivity index (χ0v) is 14.1. The van der Waals surface area contributed by atoms with E-state index in [2.05, 4.69) is 15.2 Å². The SMILES string of the molecule is CCn1c(SCC(=O)c2cc(C)[nH]c2C)nnc1-c1ccco1. The number of nitrogens with one attached hydrogen (secondary N) is 1. The van der Waals surface area contributed by atoms with Crippen molar-refractivity contribution < 1.29 is 9.21 Å².